The normalized spacial score (nSPS) is 22.0. The van der Waals surface area contributed by atoms with Crippen LogP contribution < -0.4 is 0 Å². The number of ether oxygens (including phenoxy) is 1. The third-order valence-corrected chi connectivity index (χ3v) is 7.67. The fourth-order valence-corrected chi connectivity index (χ4v) is 5.36. The second kappa shape index (κ2) is 10.0. The summed E-state index contributed by atoms with van der Waals surface area (Å²) in [5.41, 5.74) is -1.19. The second-order valence-corrected chi connectivity index (χ2v) is 11.0. The Hall–Kier alpha value is -3.49. The van der Waals surface area contributed by atoms with E-state index >= 15 is 0 Å². The molecule has 0 bridgehead atoms. The smallest absolute Gasteiger partial charge is 0.416 e. The van der Waals surface area contributed by atoms with E-state index in [1.807, 2.05) is 0 Å². The van der Waals surface area contributed by atoms with Crippen molar-refractivity contribution in [3.63, 3.8) is 0 Å². The van der Waals surface area contributed by atoms with Crippen LogP contribution in [0, 0.1) is 11.3 Å². The minimum absolute atomic E-state index is 0.0554. The fraction of sp³-hybridized carbons (Fsp3) is 0.448. The first-order chi connectivity index (χ1) is 17.7. The molecule has 1 heterocycles. The molecule has 0 saturated heterocycles. The highest BCUT2D eigenvalue weighted by atomic mass is 19.4. The minimum atomic E-state index is -4.56. The van der Waals surface area contributed by atoms with Gasteiger partial charge in [0.05, 0.1) is 24.8 Å². The van der Waals surface area contributed by atoms with E-state index in [9.17, 15) is 27.6 Å². The van der Waals surface area contributed by atoms with E-state index in [2.05, 4.69) is 25.5 Å². The summed E-state index contributed by atoms with van der Waals surface area (Å²) in [4.78, 5) is 44.8. The molecule has 0 N–H and O–H groups in total. The van der Waals surface area contributed by atoms with Gasteiger partial charge in [0.15, 0.2) is 5.78 Å². The summed E-state index contributed by atoms with van der Waals surface area (Å²) in [6, 6.07) is 10.5. The SMILES string of the molecule is COC(=O)c1ccc(C(=O)CN2C(=O)C(c3cccc(C(F)(F)F)c3)=NC23CCC(C(C)(C)C)CC3)cc1. The molecule has 2 aromatic carbocycles. The number of alkyl halides is 3. The van der Waals surface area contributed by atoms with Crippen LogP contribution in [0.1, 0.15) is 78.3 Å². The average Bonchev–Trinajstić information content (AvgIpc) is 3.13. The summed E-state index contributed by atoms with van der Waals surface area (Å²) >= 11 is 0. The van der Waals surface area contributed by atoms with Crippen molar-refractivity contribution in [1.29, 1.82) is 0 Å². The van der Waals surface area contributed by atoms with Gasteiger partial charge in [-0.15, -0.1) is 0 Å². The van der Waals surface area contributed by atoms with Crippen LogP contribution >= 0.6 is 0 Å². The van der Waals surface area contributed by atoms with Crippen molar-refractivity contribution in [2.75, 3.05) is 13.7 Å². The largest absolute Gasteiger partial charge is 0.465 e. The highest BCUT2D eigenvalue weighted by Crippen LogP contribution is 2.46. The Balaban J connectivity index is 1.66. The van der Waals surface area contributed by atoms with Crippen molar-refractivity contribution in [3.8, 4) is 0 Å². The van der Waals surface area contributed by atoms with Crippen LogP contribution in [0.4, 0.5) is 13.2 Å². The Morgan fingerprint density at radius 3 is 2.18 bits per heavy atom. The molecule has 1 fully saturated rings. The molecule has 1 spiro atoms. The average molecular weight is 529 g/mol. The maximum absolute atomic E-state index is 13.7. The molecule has 1 aliphatic heterocycles. The summed E-state index contributed by atoms with van der Waals surface area (Å²) in [6.45, 7) is 6.20. The maximum Gasteiger partial charge on any atom is 0.416 e. The molecule has 0 atom stereocenters. The number of esters is 1. The first kappa shape index (κ1) is 27.5. The van der Waals surface area contributed by atoms with Crippen molar-refractivity contribution in [2.45, 2.75) is 58.3 Å². The highest BCUT2D eigenvalue weighted by molar-refractivity contribution is 6.47. The van der Waals surface area contributed by atoms with Gasteiger partial charge in [0.2, 0.25) is 0 Å². The van der Waals surface area contributed by atoms with E-state index in [0.29, 0.717) is 24.3 Å². The lowest BCUT2D eigenvalue weighted by Gasteiger charge is -2.44. The lowest BCUT2D eigenvalue weighted by atomic mass is 9.69. The molecule has 38 heavy (non-hydrogen) atoms. The fourth-order valence-electron chi connectivity index (χ4n) is 5.36. The summed E-state index contributed by atoms with van der Waals surface area (Å²) < 4.78 is 44.8. The number of hydrogen-bond donors (Lipinski definition) is 0. The number of Topliss-reactive ketones (excluding diaryl/α,β-unsaturated/α-hetero) is 1. The van der Waals surface area contributed by atoms with Crippen LogP contribution in [0.3, 0.4) is 0 Å². The molecule has 2 aromatic rings. The molecule has 1 aliphatic carbocycles. The van der Waals surface area contributed by atoms with E-state index in [1.54, 1.807) is 0 Å². The van der Waals surface area contributed by atoms with Crippen molar-refractivity contribution in [3.05, 3.63) is 70.8 Å². The monoisotopic (exact) mass is 528 g/mol. The first-order valence-electron chi connectivity index (χ1n) is 12.6. The number of carbonyl (C=O) groups excluding carboxylic acids is 3. The molecule has 1 amide bonds. The summed E-state index contributed by atoms with van der Waals surface area (Å²) in [5, 5.41) is 0. The van der Waals surface area contributed by atoms with E-state index in [4.69, 9.17) is 4.99 Å². The molecule has 0 aromatic heterocycles. The van der Waals surface area contributed by atoms with E-state index < -0.39 is 29.3 Å². The number of methoxy groups -OCH3 is 1. The van der Waals surface area contributed by atoms with Crippen molar-refractivity contribution in [1.82, 2.24) is 4.90 Å². The number of nitrogens with zero attached hydrogens (tertiary/aromatic N) is 2. The predicted molar refractivity (Wildman–Crippen MR) is 136 cm³/mol. The molecule has 1 saturated carbocycles. The van der Waals surface area contributed by atoms with Gasteiger partial charge in [0.25, 0.3) is 5.91 Å². The van der Waals surface area contributed by atoms with Crippen molar-refractivity contribution in [2.24, 2.45) is 16.3 Å². The topological polar surface area (TPSA) is 76.0 Å². The van der Waals surface area contributed by atoms with Gasteiger partial charge in [-0.05, 0) is 61.3 Å². The molecule has 0 radical (unpaired) electrons. The molecule has 4 rings (SSSR count). The number of ketones is 1. The van der Waals surface area contributed by atoms with Crippen LogP contribution in [-0.4, -0.2) is 47.6 Å². The van der Waals surface area contributed by atoms with Gasteiger partial charge < -0.3 is 9.64 Å². The van der Waals surface area contributed by atoms with E-state index in [0.717, 1.165) is 25.0 Å². The number of carbonyl (C=O) groups is 3. The minimum Gasteiger partial charge on any atom is -0.465 e. The van der Waals surface area contributed by atoms with Crippen molar-refractivity contribution >= 4 is 23.4 Å². The quantitative estimate of drug-likeness (QED) is 0.356. The zero-order chi connectivity index (χ0) is 27.9. The summed E-state index contributed by atoms with van der Waals surface area (Å²) in [6.07, 6.45) is -1.99. The third kappa shape index (κ3) is 5.37. The highest BCUT2D eigenvalue weighted by Gasteiger charge is 2.50. The molecule has 202 valence electrons. The van der Waals surface area contributed by atoms with Crippen molar-refractivity contribution < 1.29 is 32.3 Å². The lowest BCUT2D eigenvalue weighted by molar-refractivity contribution is -0.137. The molecular formula is C29H31F3N2O4. The van der Waals surface area contributed by atoms with Gasteiger partial charge in [-0.2, -0.15) is 13.2 Å². The van der Waals surface area contributed by atoms with Crippen LogP contribution in [0.5, 0.6) is 0 Å². The zero-order valence-corrected chi connectivity index (χ0v) is 21.9. The molecule has 2 aliphatic rings. The number of rotatable bonds is 5. The van der Waals surface area contributed by atoms with Gasteiger partial charge in [-0.3, -0.25) is 14.6 Å². The lowest BCUT2D eigenvalue weighted by Crippen LogP contribution is -2.51. The third-order valence-electron chi connectivity index (χ3n) is 7.67. The maximum atomic E-state index is 13.7. The Bertz CT molecular complexity index is 1270. The van der Waals surface area contributed by atoms with Gasteiger partial charge in [0, 0.05) is 11.1 Å². The second-order valence-electron chi connectivity index (χ2n) is 11.0. The number of aliphatic imine (C=N–C) groups is 1. The van der Waals surface area contributed by atoms with Gasteiger partial charge >= 0.3 is 12.1 Å². The Kier molecular flexibility index (Phi) is 7.25. The molecule has 6 nitrogen and oxygen atoms in total. The van der Waals surface area contributed by atoms with Crippen LogP contribution in [0.2, 0.25) is 0 Å². The van der Waals surface area contributed by atoms with Crippen LogP contribution in [0.15, 0.2) is 53.5 Å². The Morgan fingerprint density at radius 1 is 1.03 bits per heavy atom. The molecule has 9 heteroatoms. The van der Waals surface area contributed by atoms with Gasteiger partial charge in [-0.1, -0.05) is 45.0 Å². The molecule has 0 unspecified atom stereocenters. The standard InChI is InChI=1S/C29H31F3N2O4/c1-27(2,3)21-12-14-28(15-13-21)33-24(20-6-5-7-22(16-20)29(30,31)32)25(36)34(28)17-23(35)18-8-10-19(11-9-18)26(37)38-4/h5-11,16,21H,12-15,17H2,1-4H3. The Labute approximate surface area is 219 Å². The predicted octanol–water partition coefficient (Wildman–Crippen LogP) is 5.94. The summed E-state index contributed by atoms with van der Waals surface area (Å²) in [5.74, 6) is -1.06. The van der Waals surface area contributed by atoms with Gasteiger partial charge in [0.1, 0.15) is 11.4 Å². The number of hydrogen-bond acceptors (Lipinski definition) is 5. The molecular weight excluding hydrogens is 497 g/mol. The first-order valence-corrected chi connectivity index (χ1v) is 12.6. The number of halogens is 3. The van der Waals surface area contributed by atoms with Crippen LogP contribution in [0.25, 0.3) is 0 Å². The van der Waals surface area contributed by atoms with Crippen LogP contribution in [-0.2, 0) is 15.7 Å². The van der Waals surface area contributed by atoms with E-state index in [1.165, 1.54) is 48.4 Å². The number of benzene rings is 2. The zero-order valence-electron chi connectivity index (χ0n) is 21.9. The summed E-state index contributed by atoms with van der Waals surface area (Å²) in [7, 11) is 1.26. The number of amides is 1. The Morgan fingerprint density at radius 2 is 1.63 bits per heavy atom. The van der Waals surface area contributed by atoms with Gasteiger partial charge in [-0.25, -0.2) is 4.79 Å². The van der Waals surface area contributed by atoms with E-state index in [-0.39, 0.29) is 34.6 Å².